The van der Waals surface area contributed by atoms with Gasteiger partial charge in [-0.25, -0.2) is 4.68 Å². The molecule has 1 rings (SSSR count). The van der Waals surface area contributed by atoms with E-state index >= 15 is 0 Å². The maximum absolute atomic E-state index is 13.7. The minimum atomic E-state index is -5.65. The molecule has 1 aromatic rings. The number of aryl methyl sites for hydroxylation is 1. The number of halogens is 5. The molecule has 1 aromatic heterocycles. The number of rotatable bonds is 6. The van der Waals surface area contributed by atoms with Gasteiger partial charge in [0.05, 0.1) is 5.69 Å². The van der Waals surface area contributed by atoms with Crippen LogP contribution in [-0.2, 0) is 18.9 Å². The average Bonchev–Trinajstić information content (AvgIpc) is 2.67. The Balaban J connectivity index is 3.26. The molecule has 0 saturated carbocycles. The summed E-state index contributed by atoms with van der Waals surface area (Å²) >= 11 is 0. The lowest BCUT2D eigenvalue weighted by molar-refractivity contribution is -0.292. The molecular weight excluding hydrogens is 281 g/mol. The minimum Gasteiger partial charge on any atom is -0.243 e. The van der Waals surface area contributed by atoms with Crippen molar-refractivity contribution in [2.75, 3.05) is 0 Å². The normalized spacial score (nSPS) is 13.2. The van der Waals surface area contributed by atoms with Crippen LogP contribution < -0.4 is 0 Å². The summed E-state index contributed by atoms with van der Waals surface area (Å²) in [6, 6.07) is 0. The maximum Gasteiger partial charge on any atom is 0.459 e. The van der Waals surface area contributed by atoms with Crippen molar-refractivity contribution >= 4 is 0 Å². The van der Waals surface area contributed by atoms with Crippen LogP contribution in [0.2, 0.25) is 0 Å². The van der Waals surface area contributed by atoms with Gasteiger partial charge in [-0.2, -0.15) is 22.0 Å². The third-order valence-electron chi connectivity index (χ3n) is 2.78. The molecule has 0 bridgehead atoms. The molecule has 0 saturated heterocycles. The van der Waals surface area contributed by atoms with Gasteiger partial charge in [-0.05, 0) is 18.8 Å². The van der Waals surface area contributed by atoms with Gasteiger partial charge in [0.25, 0.3) is 0 Å². The fourth-order valence-corrected chi connectivity index (χ4v) is 1.82. The third kappa shape index (κ3) is 3.46. The van der Waals surface area contributed by atoms with Crippen molar-refractivity contribution in [1.29, 1.82) is 0 Å². The molecule has 1 heterocycles. The minimum absolute atomic E-state index is 0.00258. The van der Waals surface area contributed by atoms with Crippen LogP contribution in [0.5, 0.6) is 0 Å². The Labute approximate surface area is 114 Å². The van der Waals surface area contributed by atoms with Gasteiger partial charge in [-0.15, -0.1) is 5.10 Å². The molecule has 3 nitrogen and oxygen atoms in total. The van der Waals surface area contributed by atoms with E-state index in [-0.39, 0.29) is 24.6 Å². The van der Waals surface area contributed by atoms with E-state index in [1.165, 1.54) is 0 Å². The van der Waals surface area contributed by atoms with Gasteiger partial charge in [0, 0.05) is 6.54 Å². The van der Waals surface area contributed by atoms with Crippen molar-refractivity contribution in [1.82, 2.24) is 15.0 Å². The van der Waals surface area contributed by atoms with Crippen LogP contribution in [0, 0.1) is 5.92 Å². The number of hydrogen-bond donors (Lipinski definition) is 0. The molecule has 0 atom stereocenters. The Bertz CT molecular complexity index is 437. The fraction of sp³-hybridized carbons (Fsp3) is 0.833. The molecule has 0 spiro atoms. The van der Waals surface area contributed by atoms with Gasteiger partial charge >= 0.3 is 12.1 Å². The van der Waals surface area contributed by atoms with Crippen molar-refractivity contribution in [2.45, 2.75) is 58.7 Å². The summed E-state index contributed by atoms with van der Waals surface area (Å²) in [5.41, 5.74) is -1.40. The van der Waals surface area contributed by atoms with Crippen molar-refractivity contribution in [3.05, 3.63) is 11.4 Å². The summed E-state index contributed by atoms with van der Waals surface area (Å²) in [6.07, 6.45) is -4.49. The summed E-state index contributed by atoms with van der Waals surface area (Å²) in [5, 5.41) is 7.00. The topological polar surface area (TPSA) is 30.7 Å². The third-order valence-corrected chi connectivity index (χ3v) is 2.78. The second-order valence-corrected chi connectivity index (χ2v) is 5.13. The zero-order valence-electron chi connectivity index (χ0n) is 11.6. The highest BCUT2D eigenvalue weighted by molar-refractivity contribution is 5.19. The zero-order chi connectivity index (χ0) is 15.6. The van der Waals surface area contributed by atoms with E-state index in [9.17, 15) is 22.0 Å². The standard InChI is InChI=1S/C12H18F5N3/c1-4-5-6-20-10(11(13,14)12(15,16)17)9(18-19-20)7-8(2)3/h8H,4-7H2,1-3H3. The number of aromatic nitrogens is 3. The predicted molar refractivity (Wildman–Crippen MR) is 63.4 cm³/mol. The molecule has 0 N–H and O–H groups in total. The molecule has 0 fully saturated rings. The van der Waals surface area contributed by atoms with E-state index in [4.69, 9.17) is 0 Å². The lowest BCUT2D eigenvalue weighted by Gasteiger charge is -2.21. The lowest BCUT2D eigenvalue weighted by Crippen LogP contribution is -2.37. The number of unbranched alkanes of at least 4 members (excludes halogenated alkanes) is 1. The maximum atomic E-state index is 13.7. The van der Waals surface area contributed by atoms with E-state index in [0.717, 1.165) is 0 Å². The lowest BCUT2D eigenvalue weighted by atomic mass is 10.0. The van der Waals surface area contributed by atoms with Gasteiger partial charge in [0.2, 0.25) is 0 Å². The first-order chi connectivity index (χ1) is 9.11. The first-order valence-electron chi connectivity index (χ1n) is 6.48. The second kappa shape index (κ2) is 6.05. The second-order valence-electron chi connectivity index (χ2n) is 5.13. The Morgan fingerprint density at radius 2 is 1.75 bits per heavy atom. The van der Waals surface area contributed by atoms with Crippen molar-refractivity contribution in [3.63, 3.8) is 0 Å². The first-order valence-corrected chi connectivity index (χ1v) is 6.48. The van der Waals surface area contributed by atoms with E-state index < -0.39 is 17.8 Å². The number of alkyl halides is 5. The van der Waals surface area contributed by atoms with Gasteiger partial charge in [0.15, 0.2) is 0 Å². The predicted octanol–water partition coefficient (Wildman–Crippen LogP) is 3.93. The molecule has 8 heteroatoms. The largest absolute Gasteiger partial charge is 0.459 e. The van der Waals surface area contributed by atoms with Gasteiger partial charge in [-0.1, -0.05) is 32.4 Å². The fourth-order valence-electron chi connectivity index (χ4n) is 1.82. The van der Waals surface area contributed by atoms with Crippen molar-refractivity contribution < 1.29 is 22.0 Å². The van der Waals surface area contributed by atoms with Gasteiger partial charge in [-0.3, -0.25) is 0 Å². The molecule has 0 unspecified atom stereocenters. The zero-order valence-corrected chi connectivity index (χ0v) is 11.6. The summed E-state index contributed by atoms with van der Waals surface area (Å²) in [4.78, 5) is 0. The molecule has 20 heavy (non-hydrogen) atoms. The summed E-state index contributed by atoms with van der Waals surface area (Å²) in [6.45, 7) is 5.26. The molecular formula is C12H18F5N3. The Morgan fingerprint density at radius 1 is 1.15 bits per heavy atom. The van der Waals surface area contributed by atoms with Crippen molar-refractivity contribution in [3.8, 4) is 0 Å². The van der Waals surface area contributed by atoms with Crippen LogP contribution in [0.1, 0.15) is 45.0 Å². The smallest absolute Gasteiger partial charge is 0.243 e. The molecule has 0 radical (unpaired) electrons. The number of hydrogen-bond acceptors (Lipinski definition) is 2. The molecule has 116 valence electrons. The first kappa shape index (κ1) is 16.8. The molecule has 0 aliphatic heterocycles. The van der Waals surface area contributed by atoms with Gasteiger partial charge < -0.3 is 0 Å². The van der Waals surface area contributed by atoms with Crippen LogP contribution in [0.3, 0.4) is 0 Å². The van der Waals surface area contributed by atoms with Gasteiger partial charge in [0.1, 0.15) is 5.69 Å². The Hall–Kier alpha value is -1.21. The van der Waals surface area contributed by atoms with E-state index in [1.807, 2.05) is 6.92 Å². The molecule has 0 aromatic carbocycles. The summed E-state index contributed by atoms with van der Waals surface area (Å²) < 4.78 is 65.8. The Kier molecular flexibility index (Phi) is 5.10. The van der Waals surface area contributed by atoms with Crippen molar-refractivity contribution in [2.24, 2.45) is 5.92 Å². The van der Waals surface area contributed by atoms with Crippen LogP contribution in [0.4, 0.5) is 22.0 Å². The summed E-state index contributed by atoms with van der Waals surface area (Å²) in [7, 11) is 0. The molecule has 0 aliphatic carbocycles. The number of nitrogens with zero attached hydrogens (tertiary/aromatic N) is 3. The van der Waals surface area contributed by atoms with E-state index in [2.05, 4.69) is 10.3 Å². The highest BCUT2D eigenvalue weighted by Gasteiger charge is 2.62. The quantitative estimate of drug-likeness (QED) is 0.745. The monoisotopic (exact) mass is 299 g/mol. The molecule has 0 aliphatic rings. The average molecular weight is 299 g/mol. The van der Waals surface area contributed by atoms with E-state index in [0.29, 0.717) is 17.5 Å². The van der Waals surface area contributed by atoms with Crippen LogP contribution in [0.15, 0.2) is 0 Å². The molecule has 0 amide bonds. The highest BCUT2D eigenvalue weighted by atomic mass is 19.4. The van der Waals surface area contributed by atoms with Crippen LogP contribution in [0.25, 0.3) is 0 Å². The SMILES string of the molecule is CCCCn1nnc(CC(C)C)c1C(F)(F)C(F)(F)F. The van der Waals surface area contributed by atoms with Crippen LogP contribution >= 0.6 is 0 Å². The Morgan fingerprint density at radius 3 is 2.20 bits per heavy atom. The van der Waals surface area contributed by atoms with Crippen LogP contribution in [-0.4, -0.2) is 21.2 Å². The summed E-state index contributed by atoms with van der Waals surface area (Å²) in [5.74, 6) is -5.02. The van der Waals surface area contributed by atoms with E-state index in [1.54, 1.807) is 13.8 Å². The highest BCUT2D eigenvalue weighted by Crippen LogP contribution is 2.45.